The first-order chi connectivity index (χ1) is 7.11. The molecule has 0 spiro atoms. The van der Waals surface area contributed by atoms with Crippen LogP contribution < -0.4 is 11.1 Å². The number of amides is 1. The molecule has 0 heterocycles. The highest BCUT2D eigenvalue weighted by molar-refractivity contribution is 7.52. The molecule has 0 fully saturated rings. The predicted octanol–water partition coefficient (Wildman–Crippen LogP) is 0.167. The van der Waals surface area contributed by atoms with Crippen molar-refractivity contribution < 1.29 is 19.1 Å². The fourth-order valence-electron chi connectivity index (χ4n) is 1.17. The molecule has 0 radical (unpaired) electrons. The summed E-state index contributed by atoms with van der Waals surface area (Å²) in [5.74, 6) is -0.192. The van der Waals surface area contributed by atoms with Crippen LogP contribution in [-0.2, 0) is 9.36 Å². The molecule has 94 valence electrons. The van der Waals surface area contributed by atoms with Gasteiger partial charge in [-0.05, 0) is 12.3 Å². The van der Waals surface area contributed by atoms with E-state index >= 15 is 0 Å². The lowest BCUT2D eigenvalue weighted by Crippen LogP contribution is -2.41. The summed E-state index contributed by atoms with van der Waals surface area (Å²) in [6, 6.07) is -0.687. The van der Waals surface area contributed by atoms with Crippen molar-refractivity contribution in [1.82, 2.24) is 5.32 Å². The summed E-state index contributed by atoms with van der Waals surface area (Å²) in [6.07, 6.45) is -0.0534. The van der Waals surface area contributed by atoms with Crippen molar-refractivity contribution in [2.24, 2.45) is 11.7 Å². The number of nitrogens with two attached hydrogens (primary N) is 1. The number of rotatable bonds is 6. The second-order valence-corrected chi connectivity index (χ2v) is 5.80. The summed E-state index contributed by atoms with van der Waals surface area (Å²) in [5.41, 5.74) is 5.57. The lowest BCUT2D eigenvalue weighted by molar-refractivity contribution is -0.121. The normalized spacial score (nSPS) is 13.6. The van der Waals surface area contributed by atoms with Crippen molar-refractivity contribution in [3.05, 3.63) is 12.3 Å². The van der Waals surface area contributed by atoms with Gasteiger partial charge in [-0.3, -0.25) is 9.36 Å². The Morgan fingerprint density at radius 2 is 2.00 bits per heavy atom. The smallest absolute Gasteiger partial charge is 0.328 e. The van der Waals surface area contributed by atoms with Crippen LogP contribution in [0.15, 0.2) is 12.3 Å². The van der Waals surface area contributed by atoms with Crippen molar-refractivity contribution >= 4 is 13.5 Å². The summed E-state index contributed by atoms with van der Waals surface area (Å²) < 4.78 is 10.6. The molecule has 0 aliphatic carbocycles. The van der Waals surface area contributed by atoms with Gasteiger partial charge in [0.05, 0.1) is 12.2 Å². The van der Waals surface area contributed by atoms with Crippen molar-refractivity contribution in [3.8, 4) is 0 Å². The van der Waals surface area contributed by atoms with E-state index in [9.17, 15) is 9.36 Å². The van der Waals surface area contributed by atoms with E-state index in [1.807, 2.05) is 13.8 Å². The molecular weight excluding hydrogens is 231 g/mol. The lowest BCUT2D eigenvalue weighted by atomic mass is 10.0. The molecule has 0 bridgehead atoms. The zero-order valence-corrected chi connectivity index (χ0v) is 10.4. The Morgan fingerprint density at radius 1 is 1.50 bits per heavy atom. The highest BCUT2D eigenvalue weighted by Crippen LogP contribution is 2.35. The van der Waals surface area contributed by atoms with Gasteiger partial charge in [0, 0.05) is 5.70 Å². The first kappa shape index (κ1) is 15.3. The molecule has 0 aliphatic rings. The second kappa shape index (κ2) is 6.15. The Bertz CT molecular complexity index is 311. The Morgan fingerprint density at radius 3 is 2.38 bits per heavy atom. The number of carbonyl (C=O) groups excluding carboxylic acids is 1. The van der Waals surface area contributed by atoms with Crippen LogP contribution in [0.3, 0.4) is 0 Å². The largest absolute Gasteiger partial charge is 0.331 e. The standard InChI is InChI=1S/C9H19N2O4P/c1-6(2)4-8(10)9(12)11-7(3)5-16(13,14)15/h6,8H,3-5,10H2,1-2H3,(H,11,12)(H2,13,14,15)/t8-/m0/s1. The average molecular weight is 250 g/mol. The summed E-state index contributed by atoms with van der Waals surface area (Å²) in [7, 11) is -4.19. The molecule has 0 rings (SSSR count). The molecule has 0 aromatic heterocycles. The highest BCUT2D eigenvalue weighted by atomic mass is 31.2. The first-order valence-electron chi connectivity index (χ1n) is 4.90. The molecular formula is C9H19N2O4P. The van der Waals surface area contributed by atoms with Crippen LogP contribution in [-0.4, -0.2) is 27.9 Å². The Kier molecular flexibility index (Phi) is 5.89. The molecule has 16 heavy (non-hydrogen) atoms. The monoisotopic (exact) mass is 250 g/mol. The molecule has 5 N–H and O–H groups in total. The molecule has 1 amide bonds. The van der Waals surface area contributed by atoms with E-state index in [0.29, 0.717) is 6.42 Å². The average Bonchev–Trinajstić information content (AvgIpc) is 1.98. The maximum atomic E-state index is 11.4. The third-order valence-electron chi connectivity index (χ3n) is 1.76. The predicted molar refractivity (Wildman–Crippen MR) is 61.6 cm³/mol. The number of hydrogen-bond donors (Lipinski definition) is 4. The molecule has 0 aromatic rings. The third kappa shape index (κ3) is 7.59. The van der Waals surface area contributed by atoms with Gasteiger partial charge in [0.1, 0.15) is 0 Å². The van der Waals surface area contributed by atoms with Crippen LogP contribution in [0, 0.1) is 5.92 Å². The van der Waals surface area contributed by atoms with Gasteiger partial charge in [-0.15, -0.1) is 0 Å². The Balaban J connectivity index is 4.15. The summed E-state index contributed by atoms with van der Waals surface area (Å²) >= 11 is 0. The molecule has 0 aliphatic heterocycles. The lowest BCUT2D eigenvalue weighted by Gasteiger charge is -2.15. The van der Waals surface area contributed by atoms with Crippen molar-refractivity contribution in [2.45, 2.75) is 26.3 Å². The fourth-order valence-corrected chi connectivity index (χ4v) is 1.75. The zero-order valence-electron chi connectivity index (χ0n) is 9.51. The maximum absolute atomic E-state index is 11.4. The van der Waals surface area contributed by atoms with Gasteiger partial charge in [-0.1, -0.05) is 20.4 Å². The second-order valence-electron chi connectivity index (χ2n) is 4.15. The van der Waals surface area contributed by atoms with Gasteiger partial charge < -0.3 is 20.8 Å². The summed E-state index contributed by atoms with van der Waals surface area (Å²) in [6.45, 7) is 7.22. The number of carbonyl (C=O) groups is 1. The molecule has 7 heteroatoms. The SMILES string of the molecule is C=C(CP(=O)(O)O)NC(=O)[C@@H](N)CC(C)C. The van der Waals surface area contributed by atoms with Gasteiger partial charge in [0.2, 0.25) is 5.91 Å². The van der Waals surface area contributed by atoms with Crippen LogP contribution in [0.2, 0.25) is 0 Å². The van der Waals surface area contributed by atoms with Crippen molar-refractivity contribution in [3.63, 3.8) is 0 Å². The molecule has 0 saturated heterocycles. The molecule has 0 aromatic carbocycles. The van der Waals surface area contributed by atoms with Gasteiger partial charge in [0.15, 0.2) is 0 Å². The van der Waals surface area contributed by atoms with E-state index in [1.54, 1.807) is 0 Å². The first-order valence-corrected chi connectivity index (χ1v) is 6.70. The Labute approximate surface area is 95.1 Å². The van der Waals surface area contributed by atoms with Crippen LogP contribution >= 0.6 is 7.60 Å². The van der Waals surface area contributed by atoms with Crippen LogP contribution in [0.1, 0.15) is 20.3 Å². The summed E-state index contributed by atoms with van der Waals surface area (Å²) in [5, 5.41) is 2.29. The van der Waals surface area contributed by atoms with E-state index < -0.39 is 25.7 Å². The van der Waals surface area contributed by atoms with Gasteiger partial charge in [-0.25, -0.2) is 0 Å². The third-order valence-corrected chi connectivity index (χ3v) is 2.55. The van der Waals surface area contributed by atoms with Crippen LogP contribution in [0.25, 0.3) is 0 Å². The number of hydrogen-bond acceptors (Lipinski definition) is 3. The van der Waals surface area contributed by atoms with Crippen molar-refractivity contribution in [2.75, 3.05) is 6.16 Å². The van der Waals surface area contributed by atoms with E-state index in [4.69, 9.17) is 15.5 Å². The minimum Gasteiger partial charge on any atom is -0.328 e. The molecule has 0 saturated carbocycles. The molecule has 6 nitrogen and oxygen atoms in total. The zero-order chi connectivity index (χ0) is 12.9. The van der Waals surface area contributed by atoms with Crippen molar-refractivity contribution in [1.29, 1.82) is 0 Å². The molecule has 0 unspecified atom stereocenters. The highest BCUT2D eigenvalue weighted by Gasteiger charge is 2.19. The van der Waals surface area contributed by atoms with E-state index in [1.165, 1.54) is 0 Å². The number of allylic oxidation sites excluding steroid dienone is 1. The minimum absolute atomic E-state index is 0.0162. The summed E-state index contributed by atoms with van der Waals surface area (Å²) in [4.78, 5) is 28.7. The Hall–Kier alpha value is -0.680. The van der Waals surface area contributed by atoms with Gasteiger partial charge in [0.25, 0.3) is 0 Å². The quantitative estimate of drug-likeness (QED) is 0.502. The maximum Gasteiger partial charge on any atom is 0.331 e. The van der Waals surface area contributed by atoms with Gasteiger partial charge >= 0.3 is 7.60 Å². The van der Waals surface area contributed by atoms with E-state index in [2.05, 4.69) is 11.9 Å². The van der Waals surface area contributed by atoms with Crippen LogP contribution in [0.4, 0.5) is 0 Å². The fraction of sp³-hybridized carbons (Fsp3) is 0.667. The molecule has 1 atom stereocenters. The van der Waals surface area contributed by atoms with Crippen LogP contribution in [0.5, 0.6) is 0 Å². The van der Waals surface area contributed by atoms with E-state index in [-0.39, 0.29) is 11.6 Å². The topological polar surface area (TPSA) is 113 Å². The minimum atomic E-state index is -4.19. The number of nitrogens with one attached hydrogen (secondary N) is 1. The van der Waals surface area contributed by atoms with Gasteiger partial charge in [-0.2, -0.15) is 0 Å². The van der Waals surface area contributed by atoms with E-state index in [0.717, 1.165) is 0 Å².